The van der Waals surface area contributed by atoms with E-state index in [0.717, 1.165) is 0 Å². The maximum atomic E-state index is 12.0. The molecule has 0 heterocycles. The third-order valence-electron chi connectivity index (χ3n) is 2.31. The normalized spacial score (nSPS) is 11.4. The topological polar surface area (TPSA) is 49.8 Å². The number of alkyl halides is 3. The molecule has 0 aliphatic heterocycles. The summed E-state index contributed by atoms with van der Waals surface area (Å²) in [6.07, 6.45) is -3.16. The van der Waals surface area contributed by atoms with Gasteiger partial charge in [0.1, 0.15) is 5.75 Å². The number of hydrogen-bond acceptors (Lipinski definition) is 3. The highest BCUT2D eigenvalue weighted by Crippen LogP contribution is 2.23. The van der Waals surface area contributed by atoms with Crippen molar-refractivity contribution in [1.29, 1.82) is 0 Å². The second kappa shape index (κ2) is 6.95. The van der Waals surface area contributed by atoms with Crippen LogP contribution in [0.25, 0.3) is 0 Å². The molecule has 1 aromatic carbocycles. The Morgan fingerprint density at radius 3 is 2.40 bits per heavy atom. The highest BCUT2D eigenvalue weighted by Gasteiger charge is 2.30. The number of ether oxygens (including phenoxy) is 1. The van der Waals surface area contributed by atoms with E-state index in [-0.39, 0.29) is 12.3 Å². The Morgan fingerprint density at radius 2 is 1.95 bits per heavy atom. The molecular weight excluding hydrogens is 275 g/mol. The van der Waals surface area contributed by atoms with E-state index in [0.29, 0.717) is 18.7 Å². The minimum atomic E-state index is -4.72. The van der Waals surface area contributed by atoms with E-state index < -0.39 is 12.3 Å². The molecule has 0 spiro atoms. The van der Waals surface area contributed by atoms with Gasteiger partial charge in [-0.3, -0.25) is 9.69 Å². The van der Waals surface area contributed by atoms with Gasteiger partial charge in [0.25, 0.3) is 0 Å². The van der Waals surface area contributed by atoms with E-state index in [1.807, 2.05) is 0 Å². The fourth-order valence-corrected chi connectivity index (χ4v) is 1.61. The van der Waals surface area contributed by atoms with E-state index in [1.54, 1.807) is 11.0 Å². The minimum absolute atomic E-state index is 0.174. The lowest BCUT2D eigenvalue weighted by Crippen LogP contribution is -2.29. The molecule has 1 rings (SSSR count). The van der Waals surface area contributed by atoms with Crippen molar-refractivity contribution >= 4 is 5.97 Å². The Hall–Kier alpha value is -2.02. The first kappa shape index (κ1) is 16.0. The molecule has 0 fully saturated rings. The quantitative estimate of drug-likeness (QED) is 0.784. The molecule has 7 heteroatoms. The Morgan fingerprint density at radius 1 is 1.35 bits per heavy atom. The number of halogens is 3. The van der Waals surface area contributed by atoms with Gasteiger partial charge in [-0.05, 0) is 17.7 Å². The summed E-state index contributed by atoms with van der Waals surface area (Å²) in [6.45, 7) is 4.01. The smallest absolute Gasteiger partial charge is 0.480 e. The van der Waals surface area contributed by atoms with Crippen molar-refractivity contribution < 1.29 is 27.8 Å². The molecule has 20 heavy (non-hydrogen) atoms. The Balaban J connectivity index is 2.67. The first-order valence-corrected chi connectivity index (χ1v) is 5.70. The maximum absolute atomic E-state index is 12.0. The number of benzene rings is 1. The third kappa shape index (κ3) is 6.24. The molecule has 0 aliphatic rings. The van der Waals surface area contributed by atoms with Gasteiger partial charge in [-0.1, -0.05) is 18.2 Å². The highest BCUT2D eigenvalue weighted by atomic mass is 19.4. The molecule has 0 aliphatic carbocycles. The van der Waals surface area contributed by atoms with Gasteiger partial charge in [-0.2, -0.15) is 0 Å². The molecule has 4 nitrogen and oxygen atoms in total. The predicted molar refractivity (Wildman–Crippen MR) is 66.2 cm³/mol. The van der Waals surface area contributed by atoms with E-state index in [2.05, 4.69) is 11.3 Å². The second-order valence-corrected chi connectivity index (χ2v) is 4.04. The number of aliphatic carboxylic acids is 1. The Bertz CT molecular complexity index is 457. The van der Waals surface area contributed by atoms with Crippen LogP contribution in [0, 0.1) is 0 Å². The van der Waals surface area contributed by atoms with Gasteiger partial charge in [0.2, 0.25) is 0 Å². The van der Waals surface area contributed by atoms with Crippen LogP contribution in [0.5, 0.6) is 5.75 Å². The first-order chi connectivity index (χ1) is 9.30. The average molecular weight is 289 g/mol. The van der Waals surface area contributed by atoms with Crippen molar-refractivity contribution in [2.24, 2.45) is 0 Å². The molecular formula is C13H14F3NO3. The zero-order valence-corrected chi connectivity index (χ0v) is 10.6. The van der Waals surface area contributed by atoms with Gasteiger partial charge in [0.15, 0.2) is 0 Å². The zero-order chi connectivity index (χ0) is 15.2. The molecule has 0 amide bonds. The summed E-state index contributed by atoms with van der Waals surface area (Å²) in [5.41, 5.74) is 0.683. The van der Waals surface area contributed by atoms with Gasteiger partial charge < -0.3 is 9.84 Å². The van der Waals surface area contributed by atoms with E-state index in [1.165, 1.54) is 24.3 Å². The van der Waals surface area contributed by atoms with Crippen LogP contribution in [0.15, 0.2) is 36.9 Å². The second-order valence-electron chi connectivity index (χ2n) is 4.04. The van der Waals surface area contributed by atoms with Crippen molar-refractivity contribution in [3.05, 3.63) is 42.5 Å². The fourth-order valence-electron chi connectivity index (χ4n) is 1.61. The SMILES string of the molecule is C=CCN(CC(=O)O)Cc1ccc(OC(F)(F)F)cc1. The molecule has 0 unspecified atom stereocenters. The first-order valence-electron chi connectivity index (χ1n) is 5.70. The molecule has 0 bridgehead atoms. The number of carboxylic acids is 1. The minimum Gasteiger partial charge on any atom is -0.480 e. The summed E-state index contributed by atoms with van der Waals surface area (Å²) in [4.78, 5) is 12.3. The molecule has 1 N–H and O–H groups in total. The molecule has 110 valence electrons. The molecule has 0 saturated heterocycles. The number of carboxylic acid groups (broad SMARTS) is 1. The van der Waals surface area contributed by atoms with Crippen LogP contribution >= 0.6 is 0 Å². The number of hydrogen-bond donors (Lipinski definition) is 1. The molecule has 0 atom stereocenters. The number of carbonyl (C=O) groups is 1. The predicted octanol–water partition coefficient (Wildman–Crippen LogP) is 2.66. The standard InChI is InChI=1S/C13H14F3NO3/c1-2-7-17(9-12(18)19)8-10-3-5-11(6-4-10)20-13(14,15)16/h2-6H,1,7-9H2,(H,18,19). The van der Waals surface area contributed by atoms with Crippen LogP contribution in [-0.4, -0.2) is 35.4 Å². The van der Waals surface area contributed by atoms with Crippen molar-refractivity contribution in [3.63, 3.8) is 0 Å². The number of nitrogens with zero attached hydrogens (tertiary/aromatic N) is 1. The van der Waals surface area contributed by atoms with E-state index in [9.17, 15) is 18.0 Å². The maximum Gasteiger partial charge on any atom is 0.573 e. The van der Waals surface area contributed by atoms with Crippen molar-refractivity contribution in [2.45, 2.75) is 12.9 Å². The molecule has 0 saturated carbocycles. The fraction of sp³-hybridized carbons (Fsp3) is 0.308. The lowest BCUT2D eigenvalue weighted by Gasteiger charge is -2.18. The van der Waals surface area contributed by atoms with Gasteiger partial charge in [-0.25, -0.2) is 0 Å². The zero-order valence-electron chi connectivity index (χ0n) is 10.6. The van der Waals surface area contributed by atoms with Crippen molar-refractivity contribution in [1.82, 2.24) is 4.90 Å². The van der Waals surface area contributed by atoms with Crippen LogP contribution in [0.3, 0.4) is 0 Å². The largest absolute Gasteiger partial charge is 0.573 e. The van der Waals surface area contributed by atoms with Crippen LogP contribution in [-0.2, 0) is 11.3 Å². The summed E-state index contributed by atoms with van der Waals surface area (Å²) in [6, 6.07) is 5.30. The summed E-state index contributed by atoms with van der Waals surface area (Å²) >= 11 is 0. The van der Waals surface area contributed by atoms with Gasteiger partial charge in [0.05, 0.1) is 6.54 Å². The van der Waals surface area contributed by atoms with Crippen LogP contribution in [0.4, 0.5) is 13.2 Å². The van der Waals surface area contributed by atoms with Gasteiger partial charge >= 0.3 is 12.3 Å². The highest BCUT2D eigenvalue weighted by molar-refractivity contribution is 5.69. The van der Waals surface area contributed by atoms with Crippen molar-refractivity contribution in [2.75, 3.05) is 13.1 Å². The van der Waals surface area contributed by atoms with E-state index in [4.69, 9.17) is 5.11 Å². The monoisotopic (exact) mass is 289 g/mol. The molecule has 1 aromatic rings. The summed E-state index contributed by atoms with van der Waals surface area (Å²) in [5.74, 6) is -1.29. The average Bonchev–Trinajstić information content (AvgIpc) is 2.29. The van der Waals surface area contributed by atoms with Crippen LogP contribution in [0.2, 0.25) is 0 Å². The molecule has 0 radical (unpaired) electrons. The lowest BCUT2D eigenvalue weighted by molar-refractivity contribution is -0.274. The lowest BCUT2D eigenvalue weighted by atomic mass is 10.2. The third-order valence-corrected chi connectivity index (χ3v) is 2.31. The summed E-state index contributed by atoms with van der Waals surface area (Å²) < 4.78 is 39.7. The van der Waals surface area contributed by atoms with E-state index >= 15 is 0 Å². The van der Waals surface area contributed by atoms with Crippen molar-refractivity contribution in [3.8, 4) is 5.75 Å². The van der Waals surface area contributed by atoms with Crippen LogP contribution < -0.4 is 4.74 Å². The summed E-state index contributed by atoms with van der Waals surface area (Å²) in [5, 5.41) is 8.74. The Labute approximate surface area is 114 Å². The molecule has 0 aromatic heterocycles. The van der Waals surface area contributed by atoms with Gasteiger partial charge in [-0.15, -0.1) is 19.8 Å². The Kier molecular flexibility index (Phi) is 5.57. The summed E-state index contributed by atoms with van der Waals surface area (Å²) in [7, 11) is 0. The van der Waals surface area contributed by atoms with Gasteiger partial charge in [0, 0.05) is 13.1 Å². The van der Waals surface area contributed by atoms with Crippen LogP contribution in [0.1, 0.15) is 5.56 Å². The number of rotatable bonds is 7.